The van der Waals surface area contributed by atoms with Gasteiger partial charge in [-0.05, 0) is 25.3 Å². The second-order valence-corrected chi connectivity index (χ2v) is 5.25. The minimum absolute atomic E-state index is 0.0165. The standard InChI is InChI=1S/C11H23NO2/c1-11(2,9-14)8-12-5-3-4-10(6-12)7-13/h10,13-14H,3-9H2,1-2H3. The van der Waals surface area contributed by atoms with E-state index in [1.165, 1.54) is 6.42 Å². The quantitative estimate of drug-likeness (QED) is 0.704. The van der Waals surface area contributed by atoms with Crippen LogP contribution in [0.4, 0.5) is 0 Å². The highest BCUT2D eigenvalue weighted by Crippen LogP contribution is 2.21. The molecule has 0 aromatic heterocycles. The van der Waals surface area contributed by atoms with E-state index in [9.17, 15) is 5.11 Å². The van der Waals surface area contributed by atoms with Gasteiger partial charge in [0.05, 0.1) is 0 Å². The molecule has 1 atom stereocenters. The van der Waals surface area contributed by atoms with E-state index in [1.54, 1.807) is 0 Å². The average molecular weight is 201 g/mol. The lowest BCUT2D eigenvalue weighted by molar-refractivity contribution is 0.0619. The van der Waals surface area contributed by atoms with E-state index in [4.69, 9.17) is 5.11 Å². The Labute approximate surface area is 86.7 Å². The van der Waals surface area contributed by atoms with Gasteiger partial charge in [-0.25, -0.2) is 0 Å². The molecule has 84 valence electrons. The minimum Gasteiger partial charge on any atom is -0.396 e. The Morgan fingerprint density at radius 3 is 2.64 bits per heavy atom. The molecule has 1 unspecified atom stereocenters. The summed E-state index contributed by atoms with van der Waals surface area (Å²) in [5, 5.41) is 18.3. The minimum atomic E-state index is -0.0165. The molecule has 0 saturated carbocycles. The predicted molar refractivity (Wildman–Crippen MR) is 57.1 cm³/mol. The maximum absolute atomic E-state index is 9.17. The Morgan fingerprint density at radius 2 is 2.07 bits per heavy atom. The summed E-state index contributed by atoms with van der Waals surface area (Å²) in [6.45, 7) is 7.72. The Morgan fingerprint density at radius 1 is 1.36 bits per heavy atom. The average Bonchev–Trinajstić information content (AvgIpc) is 2.17. The monoisotopic (exact) mass is 201 g/mol. The third kappa shape index (κ3) is 3.56. The maximum Gasteiger partial charge on any atom is 0.0494 e. The summed E-state index contributed by atoms with van der Waals surface area (Å²) in [6.07, 6.45) is 2.32. The maximum atomic E-state index is 9.17. The Balaban J connectivity index is 2.37. The molecular weight excluding hydrogens is 178 g/mol. The molecule has 1 fully saturated rings. The predicted octanol–water partition coefficient (Wildman–Crippen LogP) is 0.709. The number of hydrogen-bond acceptors (Lipinski definition) is 3. The molecule has 0 aliphatic carbocycles. The molecule has 0 radical (unpaired) electrons. The van der Waals surface area contributed by atoms with E-state index >= 15 is 0 Å². The highest BCUT2D eigenvalue weighted by Gasteiger charge is 2.25. The Hall–Kier alpha value is -0.120. The molecular formula is C11H23NO2. The van der Waals surface area contributed by atoms with Gasteiger partial charge in [0.1, 0.15) is 0 Å². The smallest absolute Gasteiger partial charge is 0.0494 e. The lowest BCUT2D eigenvalue weighted by Gasteiger charge is -2.36. The zero-order valence-corrected chi connectivity index (χ0v) is 9.37. The Bertz CT molecular complexity index is 171. The number of likely N-dealkylation sites (tertiary alicyclic amines) is 1. The van der Waals surface area contributed by atoms with Crippen LogP contribution in [0.5, 0.6) is 0 Å². The first-order valence-corrected chi connectivity index (χ1v) is 5.51. The molecule has 1 saturated heterocycles. The highest BCUT2D eigenvalue weighted by atomic mass is 16.3. The fourth-order valence-electron chi connectivity index (χ4n) is 2.10. The van der Waals surface area contributed by atoms with Gasteiger partial charge in [-0.1, -0.05) is 13.8 Å². The Kier molecular flexibility index (Phi) is 4.35. The van der Waals surface area contributed by atoms with Crippen molar-refractivity contribution in [2.45, 2.75) is 26.7 Å². The van der Waals surface area contributed by atoms with Crippen LogP contribution in [0.3, 0.4) is 0 Å². The molecule has 14 heavy (non-hydrogen) atoms. The van der Waals surface area contributed by atoms with Crippen molar-refractivity contribution in [2.24, 2.45) is 11.3 Å². The molecule has 3 heteroatoms. The van der Waals surface area contributed by atoms with Gasteiger partial charge < -0.3 is 15.1 Å². The third-order valence-electron chi connectivity index (χ3n) is 2.94. The van der Waals surface area contributed by atoms with Crippen LogP contribution in [0.15, 0.2) is 0 Å². The van der Waals surface area contributed by atoms with Crippen molar-refractivity contribution >= 4 is 0 Å². The lowest BCUT2D eigenvalue weighted by atomic mass is 9.91. The van der Waals surface area contributed by atoms with Gasteiger partial charge in [-0.2, -0.15) is 0 Å². The molecule has 2 N–H and O–H groups in total. The summed E-state index contributed by atoms with van der Waals surface area (Å²) in [7, 11) is 0. The van der Waals surface area contributed by atoms with Crippen LogP contribution < -0.4 is 0 Å². The number of aliphatic hydroxyl groups excluding tert-OH is 2. The molecule has 0 bridgehead atoms. The largest absolute Gasteiger partial charge is 0.396 e. The van der Waals surface area contributed by atoms with Crippen molar-refractivity contribution in [3.63, 3.8) is 0 Å². The van der Waals surface area contributed by atoms with E-state index in [0.29, 0.717) is 12.5 Å². The van der Waals surface area contributed by atoms with E-state index in [-0.39, 0.29) is 12.0 Å². The van der Waals surface area contributed by atoms with Gasteiger partial charge in [-0.3, -0.25) is 0 Å². The van der Waals surface area contributed by atoms with E-state index < -0.39 is 0 Å². The molecule has 3 nitrogen and oxygen atoms in total. The zero-order chi connectivity index (χ0) is 10.6. The second kappa shape index (κ2) is 5.10. The summed E-state index contributed by atoms with van der Waals surface area (Å²) >= 11 is 0. The normalized spacial score (nSPS) is 25.3. The van der Waals surface area contributed by atoms with Crippen molar-refractivity contribution in [3.05, 3.63) is 0 Å². The van der Waals surface area contributed by atoms with Crippen LogP contribution >= 0.6 is 0 Å². The van der Waals surface area contributed by atoms with E-state index in [2.05, 4.69) is 18.7 Å². The third-order valence-corrected chi connectivity index (χ3v) is 2.94. The van der Waals surface area contributed by atoms with E-state index in [1.807, 2.05) is 0 Å². The first-order chi connectivity index (χ1) is 6.57. The molecule has 0 spiro atoms. The number of hydrogen-bond donors (Lipinski definition) is 2. The SMILES string of the molecule is CC(C)(CO)CN1CCCC(CO)C1. The molecule has 1 rings (SSSR count). The number of aliphatic hydroxyl groups is 2. The summed E-state index contributed by atoms with van der Waals surface area (Å²) < 4.78 is 0. The zero-order valence-electron chi connectivity index (χ0n) is 9.37. The van der Waals surface area contributed by atoms with Gasteiger partial charge in [0.15, 0.2) is 0 Å². The van der Waals surface area contributed by atoms with Crippen molar-refractivity contribution in [1.29, 1.82) is 0 Å². The summed E-state index contributed by atoms with van der Waals surface area (Å²) in [6, 6.07) is 0. The van der Waals surface area contributed by atoms with Gasteiger partial charge >= 0.3 is 0 Å². The second-order valence-electron chi connectivity index (χ2n) is 5.25. The summed E-state index contributed by atoms with van der Waals surface area (Å²) in [5.41, 5.74) is -0.0165. The van der Waals surface area contributed by atoms with Gasteiger partial charge in [0, 0.05) is 31.7 Å². The molecule has 0 aromatic rings. The van der Waals surface area contributed by atoms with Crippen LogP contribution in [0, 0.1) is 11.3 Å². The summed E-state index contributed by atoms with van der Waals surface area (Å²) in [4.78, 5) is 2.36. The molecule has 1 aliphatic rings. The van der Waals surface area contributed by atoms with Crippen molar-refractivity contribution in [2.75, 3.05) is 32.8 Å². The molecule has 1 heterocycles. The molecule has 0 aromatic carbocycles. The van der Waals surface area contributed by atoms with Gasteiger partial charge in [0.25, 0.3) is 0 Å². The molecule has 1 aliphatic heterocycles. The highest BCUT2D eigenvalue weighted by molar-refractivity contribution is 4.78. The lowest BCUT2D eigenvalue weighted by Crippen LogP contribution is -2.43. The topological polar surface area (TPSA) is 43.7 Å². The van der Waals surface area contributed by atoms with Crippen molar-refractivity contribution in [3.8, 4) is 0 Å². The number of rotatable bonds is 4. The first-order valence-electron chi connectivity index (χ1n) is 5.51. The summed E-state index contributed by atoms with van der Waals surface area (Å²) in [5.74, 6) is 0.443. The van der Waals surface area contributed by atoms with Crippen molar-refractivity contribution < 1.29 is 10.2 Å². The van der Waals surface area contributed by atoms with Crippen LogP contribution in [0.25, 0.3) is 0 Å². The number of piperidine rings is 1. The number of nitrogens with zero attached hydrogens (tertiary/aromatic N) is 1. The molecule has 0 amide bonds. The fourth-order valence-corrected chi connectivity index (χ4v) is 2.10. The van der Waals surface area contributed by atoms with Gasteiger partial charge in [0.2, 0.25) is 0 Å². The van der Waals surface area contributed by atoms with Gasteiger partial charge in [-0.15, -0.1) is 0 Å². The van der Waals surface area contributed by atoms with Crippen LogP contribution in [0.1, 0.15) is 26.7 Å². The van der Waals surface area contributed by atoms with E-state index in [0.717, 1.165) is 26.1 Å². The van der Waals surface area contributed by atoms with Crippen molar-refractivity contribution in [1.82, 2.24) is 4.90 Å². The first kappa shape index (κ1) is 12.0. The van der Waals surface area contributed by atoms with Crippen LogP contribution in [-0.2, 0) is 0 Å². The van der Waals surface area contributed by atoms with Crippen LogP contribution in [-0.4, -0.2) is 48.0 Å². The fraction of sp³-hybridized carbons (Fsp3) is 1.00. The van der Waals surface area contributed by atoms with Crippen LogP contribution in [0.2, 0.25) is 0 Å².